The highest BCUT2D eigenvalue weighted by molar-refractivity contribution is 6.22. The van der Waals surface area contributed by atoms with Crippen molar-refractivity contribution in [3.05, 3.63) is 54.1 Å². The van der Waals surface area contributed by atoms with Crippen LogP contribution in [0.25, 0.3) is 0 Å². The zero-order valence-corrected chi connectivity index (χ0v) is 19.6. The van der Waals surface area contributed by atoms with Crippen LogP contribution in [0.15, 0.2) is 48.5 Å². The van der Waals surface area contributed by atoms with Gasteiger partial charge >= 0.3 is 5.97 Å². The minimum Gasteiger partial charge on any atom is -0.452 e. The van der Waals surface area contributed by atoms with Crippen LogP contribution in [0.5, 0.6) is 0 Å². The monoisotopic (exact) mass is 477 g/mol. The lowest BCUT2D eigenvalue weighted by molar-refractivity contribution is -0.122. The molecule has 35 heavy (non-hydrogen) atoms. The molecule has 2 N–H and O–H groups in total. The molecule has 1 heterocycles. The first kappa shape index (κ1) is 24.1. The highest BCUT2D eigenvalue weighted by atomic mass is 16.5. The first-order valence-corrected chi connectivity index (χ1v) is 11.6. The number of imide groups is 1. The number of esters is 1. The van der Waals surface area contributed by atoms with E-state index in [1.807, 2.05) is 0 Å². The third-order valence-corrected chi connectivity index (χ3v) is 6.37. The number of rotatable bonds is 6. The summed E-state index contributed by atoms with van der Waals surface area (Å²) in [5, 5.41) is 5.23. The largest absolute Gasteiger partial charge is 0.452 e. The van der Waals surface area contributed by atoms with Gasteiger partial charge in [-0.2, -0.15) is 0 Å². The van der Waals surface area contributed by atoms with Crippen molar-refractivity contribution in [1.82, 2.24) is 0 Å². The molecule has 4 rings (SSSR count). The van der Waals surface area contributed by atoms with E-state index < -0.39 is 18.5 Å². The van der Waals surface area contributed by atoms with Crippen LogP contribution in [0.1, 0.15) is 43.5 Å². The molecule has 0 bridgehead atoms. The van der Waals surface area contributed by atoms with E-state index in [1.165, 1.54) is 24.0 Å². The Hall–Kier alpha value is -4.01. The van der Waals surface area contributed by atoms with Gasteiger partial charge < -0.3 is 15.4 Å². The molecular weight excluding hydrogens is 450 g/mol. The van der Waals surface area contributed by atoms with E-state index in [2.05, 4.69) is 17.6 Å². The standard InChI is InChI=1S/C26H27N3O6/c1-15-3-12-21-22(13-15)25(33)29(24(21)32)20-10-4-17(5-11-20)26(34)35-14-23(31)28-19-8-6-18(7-9-19)27-16(2)30/h4-11,15,21-22H,3,12-14H2,1-2H3,(H,27,30)(H,28,31)/t15-,21+,22+/m0/s1. The van der Waals surface area contributed by atoms with Gasteiger partial charge in [-0.05, 0) is 73.7 Å². The molecule has 2 aromatic carbocycles. The summed E-state index contributed by atoms with van der Waals surface area (Å²) in [5.41, 5.74) is 1.71. The number of nitrogens with zero attached hydrogens (tertiary/aromatic N) is 1. The minimum atomic E-state index is -0.700. The molecule has 2 aliphatic rings. The van der Waals surface area contributed by atoms with Gasteiger partial charge in [0.2, 0.25) is 17.7 Å². The lowest BCUT2D eigenvalue weighted by atomic mass is 9.76. The van der Waals surface area contributed by atoms with Crippen LogP contribution in [0, 0.1) is 17.8 Å². The second-order valence-electron chi connectivity index (χ2n) is 9.07. The molecule has 1 aliphatic carbocycles. The average molecular weight is 478 g/mol. The number of benzene rings is 2. The molecule has 9 nitrogen and oxygen atoms in total. The molecule has 9 heteroatoms. The Kier molecular flexibility index (Phi) is 6.95. The zero-order valence-electron chi connectivity index (χ0n) is 19.6. The Balaban J connectivity index is 1.31. The molecule has 0 spiro atoms. The van der Waals surface area contributed by atoms with Crippen molar-refractivity contribution in [1.29, 1.82) is 0 Å². The molecule has 1 saturated carbocycles. The van der Waals surface area contributed by atoms with E-state index in [1.54, 1.807) is 36.4 Å². The van der Waals surface area contributed by atoms with E-state index in [9.17, 15) is 24.0 Å². The summed E-state index contributed by atoms with van der Waals surface area (Å²) in [5.74, 6) is -1.88. The first-order valence-electron chi connectivity index (χ1n) is 11.6. The highest BCUT2D eigenvalue weighted by Crippen LogP contribution is 2.42. The van der Waals surface area contributed by atoms with E-state index in [-0.39, 0.29) is 35.1 Å². The van der Waals surface area contributed by atoms with Crippen LogP contribution in [-0.2, 0) is 23.9 Å². The second-order valence-corrected chi connectivity index (χ2v) is 9.07. The van der Waals surface area contributed by atoms with Gasteiger partial charge in [-0.3, -0.25) is 24.1 Å². The molecule has 1 aliphatic heterocycles. The number of nitrogens with one attached hydrogen (secondary N) is 2. The van der Waals surface area contributed by atoms with Gasteiger partial charge in [0.25, 0.3) is 5.91 Å². The summed E-state index contributed by atoms with van der Waals surface area (Å²) < 4.78 is 5.08. The topological polar surface area (TPSA) is 122 Å². The van der Waals surface area contributed by atoms with Crippen LogP contribution in [0.2, 0.25) is 0 Å². The number of amides is 4. The normalized spacial score (nSPS) is 21.3. The molecule has 2 aromatic rings. The maximum atomic E-state index is 12.9. The van der Waals surface area contributed by atoms with Crippen molar-refractivity contribution < 1.29 is 28.7 Å². The van der Waals surface area contributed by atoms with E-state index in [4.69, 9.17) is 4.74 Å². The first-order chi connectivity index (χ1) is 16.7. The fourth-order valence-electron chi connectivity index (χ4n) is 4.64. The molecule has 1 saturated heterocycles. The van der Waals surface area contributed by atoms with E-state index in [0.29, 0.717) is 23.0 Å². The smallest absolute Gasteiger partial charge is 0.338 e. The highest BCUT2D eigenvalue weighted by Gasteiger charge is 2.49. The van der Waals surface area contributed by atoms with Crippen molar-refractivity contribution >= 4 is 46.7 Å². The number of carbonyl (C=O) groups excluding carboxylic acids is 5. The van der Waals surface area contributed by atoms with Crippen molar-refractivity contribution in [2.24, 2.45) is 17.8 Å². The van der Waals surface area contributed by atoms with Crippen LogP contribution in [0.4, 0.5) is 17.1 Å². The summed E-state index contributed by atoms with van der Waals surface area (Å²) in [6, 6.07) is 12.5. The molecule has 4 amide bonds. The van der Waals surface area contributed by atoms with Gasteiger partial charge in [0.15, 0.2) is 6.61 Å². The maximum absolute atomic E-state index is 12.9. The summed E-state index contributed by atoms with van der Waals surface area (Å²) in [6.45, 7) is 3.01. The van der Waals surface area contributed by atoms with Gasteiger partial charge in [0, 0.05) is 18.3 Å². The molecule has 182 valence electrons. The summed E-state index contributed by atoms with van der Waals surface area (Å²) in [6.07, 6.45) is 2.38. The molecule has 0 aromatic heterocycles. The van der Waals surface area contributed by atoms with Gasteiger partial charge in [-0.1, -0.05) is 6.92 Å². The Morgan fingerprint density at radius 1 is 0.886 bits per heavy atom. The Labute approximate surface area is 202 Å². The van der Waals surface area contributed by atoms with Gasteiger partial charge in [-0.15, -0.1) is 0 Å². The van der Waals surface area contributed by atoms with Crippen molar-refractivity contribution in [2.45, 2.75) is 33.1 Å². The van der Waals surface area contributed by atoms with Crippen LogP contribution >= 0.6 is 0 Å². The molecule has 3 atom stereocenters. The molecule has 0 radical (unpaired) electrons. The number of carbonyl (C=O) groups is 5. The number of hydrogen-bond donors (Lipinski definition) is 2. The van der Waals surface area contributed by atoms with Crippen LogP contribution < -0.4 is 15.5 Å². The Morgan fingerprint density at radius 3 is 2.11 bits per heavy atom. The number of hydrogen-bond acceptors (Lipinski definition) is 6. The lowest BCUT2D eigenvalue weighted by Crippen LogP contribution is -2.30. The zero-order chi connectivity index (χ0) is 25.1. The summed E-state index contributed by atoms with van der Waals surface area (Å²) in [7, 11) is 0. The number of anilines is 3. The predicted molar refractivity (Wildman–Crippen MR) is 129 cm³/mol. The van der Waals surface area contributed by atoms with Gasteiger partial charge in [0.1, 0.15) is 0 Å². The summed E-state index contributed by atoms with van der Waals surface area (Å²) >= 11 is 0. The third-order valence-electron chi connectivity index (χ3n) is 6.37. The fourth-order valence-corrected chi connectivity index (χ4v) is 4.64. The summed E-state index contributed by atoms with van der Waals surface area (Å²) in [4.78, 5) is 62.4. The van der Waals surface area contributed by atoms with Crippen LogP contribution in [0.3, 0.4) is 0 Å². The number of fused-ring (bicyclic) bond motifs is 1. The van der Waals surface area contributed by atoms with Gasteiger partial charge in [0.05, 0.1) is 23.1 Å². The molecular formula is C26H27N3O6. The SMILES string of the molecule is CC(=O)Nc1ccc(NC(=O)COC(=O)c2ccc(N3C(=O)[C@@H]4CC[C@H](C)C[C@H]4C3=O)cc2)cc1. The third kappa shape index (κ3) is 5.40. The average Bonchev–Trinajstić information content (AvgIpc) is 3.07. The van der Waals surface area contributed by atoms with Crippen LogP contribution in [-0.4, -0.2) is 36.2 Å². The lowest BCUT2D eigenvalue weighted by Gasteiger charge is -2.25. The predicted octanol–water partition coefficient (Wildman–Crippen LogP) is 3.37. The molecule has 2 fully saturated rings. The fraction of sp³-hybridized carbons (Fsp3) is 0.346. The molecule has 0 unspecified atom stereocenters. The Morgan fingerprint density at radius 2 is 1.49 bits per heavy atom. The van der Waals surface area contributed by atoms with Crippen molar-refractivity contribution in [3.8, 4) is 0 Å². The number of ether oxygens (including phenoxy) is 1. The Bertz CT molecular complexity index is 1160. The van der Waals surface area contributed by atoms with E-state index in [0.717, 1.165) is 19.3 Å². The van der Waals surface area contributed by atoms with Gasteiger partial charge in [-0.25, -0.2) is 4.79 Å². The quantitative estimate of drug-likeness (QED) is 0.486. The second kappa shape index (κ2) is 10.1. The maximum Gasteiger partial charge on any atom is 0.338 e. The van der Waals surface area contributed by atoms with E-state index >= 15 is 0 Å². The van der Waals surface area contributed by atoms with Crippen molar-refractivity contribution in [3.63, 3.8) is 0 Å². The van der Waals surface area contributed by atoms with Crippen molar-refractivity contribution in [2.75, 3.05) is 22.1 Å². The minimum absolute atomic E-state index is 0.177.